The predicted octanol–water partition coefficient (Wildman–Crippen LogP) is 9.24. The molecule has 4 aromatic carbocycles. The molecular formula is C56H61ClN8O8. The van der Waals surface area contributed by atoms with Crippen molar-refractivity contribution >= 4 is 34.6 Å². The van der Waals surface area contributed by atoms with Crippen LogP contribution in [-0.4, -0.2) is 87.4 Å². The number of carbonyl (C=O) groups excluding carboxylic acids is 4. The number of benzene rings is 4. The molecule has 0 radical (unpaired) electrons. The number of piperidine rings is 2. The van der Waals surface area contributed by atoms with Crippen LogP contribution < -0.4 is 35.7 Å². The number of methoxy groups -OCH3 is 2. The molecule has 6 aromatic rings. The zero-order chi connectivity index (χ0) is 51.6. The molecule has 4 aliphatic heterocycles. The molecular weight excluding hydrogens is 948 g/mol. The van der Waals surface area contributed by atoms with Crippen molar-refractivity contribution in [2.24, 2.45) is 23.3 Å². The second-order valence-corrected chi connectivity index (χ2v) is 18.6. The standard InChI is InChI=1S/C28H30N4O4.C25H28N4O3.C3H3ClO/c1-3-24(33)31-14-11-18(12-15-31)21-13-16-32-26(27(29)34)25(30-28(21)32)19-9-10-22(23(17-19)35-2)36-20-7-5-4-6-8-20;1-31-21-15-17(7-8-20(21)32-18-5-3-2-4-6-18)22-23(24(26)30)29-14-11-19(25(29)28-22)16-9-12-27-13-10-16;1-2-3(4)5/h3-10,17-18,21H,1,11-16H2,2H3,(H2,29,34);2-8,15-16,19,27H,9-14H2,1H3,(H2,26,30);2H,1H2. The number of halogens is 1. The Kier molecular flexibility index (Phi) is 16.8. The van der Waals surface area contributed by atoms with E-state index in [0.29, 0.717) is 88.9 Å². The monoisotopic (exact) mass is 1010 g/mol. The van der Waals surface area contributed by atoms with Gasteiger partial charge in [0.25, 0.3) is 11.8 Å². The van der Waals surface area contributed by atoms with Crippen LogP contribution in [0.5, 0.6) is 34.5 Å². The van der Waals surface area contributed by atoms with E-state index in [9.17, 15) is 19.2 Å². The van der Waals surface area contributed by atoms with Crippen LogP contribution in [0.3, 0.4) is 0 Å². The minimum atomic E-state index is -0.509. The van der Waals surface area contributed by atoms with E-state index < -0.39 is 17.1 Å². The number of para-hydroxylation sites is 2. The fraction of sp³-hybridized carbons (Fsp3) is 0.321. The van der Waals surface area contributed by atoms with Gasteiger partial charge < -0.3 is 49.8 Å². The summed E-state index contributed by atoms with van der Waals surface area (Å²) in [7, 11) is 3.19. The Labute approximate surface area is 429 Å². The minimum Gasteiger partial charge on any atom is -0.493 e. The maximum atomic E-state index is 12.6. The van der Waals surface area contributed by atoms with Gasteiger partial charge in [0.1, 0.15) is 45.9 Å². The molecule has 0 bridgehead atoms. The van der Waals surface area contributed by atoms with Crippen molar-refractivity contribution in [1.29, 1.82) is 0 Å². The average molecular weight is 1010 g/mol. The van der Waals surface area contributed by atoms with Gasteiger partial charge in [0, 0.05) is 49.1 Å². The Morgan fingerprint density at radius 2 is 1.03 bits per heavy atom. The molecule has 0 saturated carbocycles. The summed E-state index contributed by atoms with van der Waals surface area (Å²) in [6.45, 7) is 11.6. The number of imidazole rings is 2. The number of rotatable bonds is 14. The third-order valence-electron chi connectivity index (χ3n) is 14.0. The summed E-state index contributed by atoms with van der Waals surface area (Å²) in [5.74, 6) is 6.19. The summed E-state index contributed by atoms with van der Waals surface area (Å²) < 4.78 is 27.2. The number of carbonyl (C=O) groups is 4. The number of likely N-dealkylation sites (tertiary alicyclic amines) is 1. The lowest BCUT2D eigenvalue weighted by atomic mass is 9.83. The maximum absolute atomic E-state index is 12.6. The summed E-state index contributed by atoms with van der Waals surface area (Å²) in [4.78, 5) is 58.2. The van der Waals surface area contributed by atoms with Crippen molar-refractivity contribution in [3.8, 4) is 57.0 Å². The van der Waals surface area contributed by atoms with E-state index >= 15 is 0 Å². The second-order valence-electron chi connectivity index (χ2n) is 18.2. The van der Waals surface area contributed by atoms with Crippen LogP contribution in [0.25, 0.3) is 22.5 Å². The first kappa shape index (κ1) is 51.7. The summed E-state index contributed by atoms with van der Waals surface area (Å²) >= 11 is 4.71. The summed E-state index contributed by atoms with van der Waals surface area (Å²) in [6, 6.07) is 30.2. The normalized spacial score (nSPS) is 17.1. The van der Waals surface area contributed by atoms with Gasteiger partial charge in [-0.3, -0.25) is 19.2 Å². The number of fused-ring (bicyclic) bond motifs is 2. The first-order valence-electron chi connectivity index (χ1n) is 24.5. The van der Waals surface area contributed by atoms with Gasteiger partial charge in [-0.1, -0.05) is 49.6 Å². The largest absolute Gasteiger partial charge is 0.493 e. The highest BCUT2D eigenvalue weighted by Gasteiger charge is 2.39. The van der Waals surface area contributed by atoms with Crippen LogP contribution in [0, 0.1) is 11.8 Å². The van der Waals surface area contributed by atoms with Gasteiger partial charge >= 0.3 is 0 Å². The van der Waals surface area contributed by atoms with E-state index in [1.165, 1.54) is 6.08 Å². The Morgan fingerprint density at radius 3 is 1.41 bits per heavy atom. The Balaban J connectivity index is 0.000000179. The molecule has 2 unspecified atom stereocenters. The van der Waals surface area contributed by atoms with Gasteiger partial charge in [0.05, 0.1) is 14.2 Å². The molecule has 380 valence electrons. The van der Waals surface area contributed by atoms with Crippen LogP contribution in [0.2, 0.25) is 0 Å². The van der Waals surface area contributed by atoms with Gasteiger partial charge in [-0.05, 0) is 148 Å². The number of ether oxygens (including phenoxy) is 4. The molecule has 2 atom stereocenters. The SMILES string of the molecule is C=CC(=O)Cl.C=CC(=O)N1CCC(C2CCn3c2nc(-c2ccc(Oc4ccccc4)c(OC)c2)c3C(N)=O)CC1.COc1cc(-c2nc3n(c2C(N)=O)CCC3C2CCNCC2)ccc1Oc1ccccc1. The third kappa shape index (κ3) is 11.7. The molecule has 16 nitrogen and oxygen atoms in total. The van der Waals surface area contributed by atoms with Crippen LogP contribution in [0.4, 0.5) is 0 Å². The molecule has 73 heavy (non-hydrogen) atoms. The number of allylic oxidation sites excluding steroid dienone is 1. The number of aromatic nitrogens is 4. The smallest absolute Gasteiger partial charge is 0.267 e. The first-order chi connectivity index (χ1) is 35.4. The van der Waals surface area contributed by atoms with Crippen molar-refractivity contribution in [2.75, 3.05) is 40.4 Å². The zero-order valence-electron chi connectivity index (χ0n) is 41.1. The van der Waals surface area contributed by atoms with Gasteiger partial charge in [-0.25, -0.2) is 9.97 Å². The van der Waals surface area contributed by atoms with Gasteiger partial charge in [-0.2, -0.15) is 0 Å². The first-order valence-corrected chi connectivity index (χ1v) is 24.9. The maximum Gasteiger partial charge on any atom is 0.267 e. The third-order valence-corrected chi connectivity index (χ3v) is 14.1. The van der Waals surface area contributed by atoms with Crippen LogP contribution in [0.1, 0.15) is 83.0 Å². The lowest BCUT2D eigenvalue weighted by molar-refractivity contribution is -0.127. The van der Waals surface area contributed by atoms with E-state index in [4.69, 9.17) is 52.0 Å². The molecule has 0 aliphatic carbocycles. The number of amides is 3. The highest BCUT2D eigenvalue weighted by Crippen LogP contribution is 2.45. The lowest BCUT2D eigenvalue weighted by Crippen LogP contribution is -2.38. The topological polar surface area (TPSA) is 208 Å². The van der Waals surface area contributed by atoms with E-state index in [-0.39, 0.29) is 11.8 Å². The molecule has 10 rings (SSSR count). The van der Waals surface area contributed by atoms with Crippen LogP contribution >= 0.6 is 11.6 Å². The summed E-state index contributed by atoms with van der Waals surface area (Å²) in [6.07, 6.45) is 8.42. The highest BCUT2D eigenvalue weighted by atomic mass is 35.5. The van der Waals surface area contributed by atoms with Gasteiger partial charge in [0.15, 0.2) is 23.0 Å². The van der Waals surface area contributed by atoms with E-state index in [1.807, 2.05) is 111 Å². The second kappa shape index (κ2) is 23.7. The summed E-state index contributed by atoms with van der Waals surface area (Å²) in [5.41, 5.74) is 15.3. The van der Waals surface area contributed by atoms with Crippen molar-refractivity contribution in [2.45, 2.75) is 63.5 Å². The van der Waals surface area contributed by atoms with Crippen molar-refractivity contribution in [1.82, 2.24) is 29.3 Å². The van der Waals surface area contributed by atoms with E-state index in [0.717, 1.165) is 92.8 Å². The Morgan fingerprint density at radius 1 is 0.603 bits per heavy atom. The highest BCUT2D eigenvalue weighted by molar-refractivity contribution is 6.66. The fourth-order valence-electron chi connectivity index (χ4n) is 10.5. The fourth-order valence-corrected chi connectivity index (χ4v) is 10.5. The minimum absolute atomic E-state index is 0.0201. The average Bonchev–Trinajstić information content (AvgIpc) is 4.21. The number of nitrogens with zero attached hydrogens (tertiary/aromatic N) is 5. The molecule has 17 heteroatoms. The molecule has 2 aromatic heterocycles. The molecule has 3 amide bonds. The van der Waals surface area contributed by atoms with E-state index in [1.54, 1.807) is 14.2 Å². The summed E-state index contributed by atoms with van der Waals surface area (Å²) in [5, 5.41) is 2.92. The zero-order valence-corrected chi connectivity index (χ0v) is 41.9. The predicted molar refractivity (Wildman–Crippen MR) is 279 cm³/mol. The number of nitrogens with one attached hydrogen (secondary N) is 1. The molecule has 0 spiro atoms. The molecule has 2 saturated heterocycles. The van der Waals surface area contributed by atoms with Gasteiger partial charge in [0.2, 0.25) is 11.1 Å². The number of hydrogen-bond acceptors (Lipinski definition) is 11. The molecule has 4 aliphatic rings. The van der Waals surface area contributed by atoms with E-state index in [2.05, 4.69) is 18.5 Å². The van der Waals surface area contributed by atoms with Crippen LogP contribution in [-0.2, 0) is 22.7 Å². The van der Waals surface area contributed by atoms with Crippen molar-refractivity contribution < 1.29 is 38.1 Å². The number of nitrogens with two attached hydrogens (primary N) is 2. The van der Waals surface area contributed by atoms with Gasteiger partial charge in [-0.15, -0.1) is 0 Å². The molecule has 5 N–H and O–H groups in total. The quantitative estimate of drug-likeness (QED) is 0.0692. The molecule has 6 heterocycles. The molecule has 2 fully saturated rings. The Hall–Kier alpha value is -7.69. The lowest BCUT2D eigenvalue weighted by Gasteiger charge is -2.33. The Bertz CT molecular complexity index is 2960. The number of primary amides is 2. The number of hydrogen-bond donors (Lipinski definition) is 3. The van der Waals surface area contributed by atoms with Crippen molar-refractivity contribution in [3.05, 3.63) is 145 Å². The van der Waals surface area contributed by atoms with Crippen LogP contribution in [0.15, 0.2) is 122 Å². The van der Waals surface area contributed by atoms with Crippen molar-refractivity contribution in [3.63, 3.8) is 0 Å².